The summed E-state index contributed by atoms with van der Waals surface area (Å²) in [6, 6.07) is 0. The van der Waals surface area contributed by atoms with Crippen LogP contribution in [0, 0.1) is 0 Å². The molecule has 0 unspecified atom stereocenters. The number of hydrogen-bond donors (Lipinski definition) is 0. The van der Waals surface area contributed by atoms with Gasteiger partial charge in [-0.2, -0.15) is 0 Å². The summed E-state index contributed by atoms with van der Waals surface area (Å²) in [5, 5.41) is 2.34. The number of halogens is 1. The van der Waals surface area contributed by atoms with E-state index < -0.39 is 0 Å². The number of allylic oxidation sites excluding steroid dienone is 1. The van der Waals surface area contributed by atoms with Crippen molar-refractivity contribution >= 4 is 12.4 Å². The molecule has 0 heterocycles. The first-order chi connectivity index (χ1) is 2.91. The quantitative estimate of drug-likeness (QED) is 0.342. The van der Waals surface area contributed by atoms with Crippen molar-refractivity contribution in [2.75, 3.05) is 0 Å². The molecular formula is C5H11ClNi. The summed E-state index contributed by atoms with van der Waals surface area (Å²) >= 11 is 1.74. The third-order valence-corrected chi connectivity index (χ3v) is 1.40. The molecule has 7 heavy (non-hydrogen) atoms. The van der Waals surface area contributed by atoms with Gasteiger partial charge in [0.15, 0.2) is 0 Å². The number of rotatable bonds is 3. The molecule has 0 nitrogen and oxygen atoms in total. The normalized spacial score (nSPS) is 7.57. The molecule has 0 bridgehead atoms. The summed E-state index contributed by atoms with van der Waals surface area (Å²) in [4.78, 5) is 0. The van der Waals surface area contributed by atoms with E-state index in [-0.39, 0.29) is 12.4 Å². The van der Waals surface area contributed by atoms with Crippen molar-refractivity contribution in [3.05, 3.63) is 12.7 Å². The van der Waals surface area contributed by atoms with Crippen LogP contribution >= 0.6 is 12.4 Å². The van der Waals surface area contributed by atoms with Gasteiger partial charge < -0.3 is 0 Å². The van der Waals surface area contributed by atoms with E-state index in [1.165, 1.54) is 5.39 Å². The molecule has 2 heteroatoms. The van der Waals surface area contributed by atoms with E-state index in [9.17, 15) is 0 Å². The van der Waals surface area contributed by atoms with Crippen molar-refractivity contribution in [1.29, 1.82) is 0 Å². The maximum absolute atomic E-state index is 3.58. The van der Waals surface area contributed by atoms with Gasteiger partial charge in [-0.15, -0.1) is 12.4 Å². The van der Waals surface area contributed by atoms with Crippen molar-refractivity contribution in [3.8, 4) is 0 Å². The first-order valence-electron chi connectivity index (χ1n) is 1.97. The van der Waals surface area contributed by atoms with Crippen LogP contribution in [0.1, 0.15) is 6.92 Å². The standard InChI is InChI=1S/C3H5.C2H5.ClH.Ni/c1-3-2;1-2;;/h3H,1-2H2;1H2,2H3;1H;. The molecule has 0 spiro atoms. The minimum Gasteiger partial charge on any atom is -0.147 e. The molecule has 0 aliphatic rings. The molecule has 48 valence electrons. The molecule has 0 saturated carbocycles. The van der Waals surface area contributed by atoms with Gasteiger partial charge in [-0.1, -0.05) is 0 Å². The van der Waals surface area contributed by atoms with Crippen LogP contribution in [0.5, 0.6) is 0 Å². The molecule has 0 aliphatic carbocycles. The first kappa shape index (κ1) is 10.5. The van der Waals surface area contributed by atoms with Gasteiger partial charge in [-0.05, 0) is 0 Å². The van der Waals surface area contributed by atoms with Crippen LogP contribution in [0.15, 0.2) is 12.7 Å². The summed E-state index contributed by atoms with van der Waals surface area (Å²) in [6.07, 6.45) is 1.93. The Labute approximate surface area is 57.6 Å². The predicted octanol–water partition coefficient (Wildman–Crippen LogP) is 2.53. The second kappa shape index (κ2) is 9.73. The zero-order chi connectivity index (χ0) is 4.83. The Balaban J connectivity index is 0. The minimum atomic E-state index is 0. The van der Waals surface area contributed by atoms with Gasteiger partial charge >= 0.3 is 44.8 Å². The Kier molecular flexibility index (Phi) is 14.6. The second-order valence-electron chi connectivity index (χ2n) is 0.799. The Morgan fingerprint density at radius 3 is 2.43 bits per heavy atom. The van der Waals surface area contributed by atoms with E-state index >= 15 is 0 Å². The molecule has 0 fully saturated rings. The van der Waals surface area contributed by atoms with Crippen molar-refractivity contribution in [2.45, 2.75) is 17.7 Å². The molecule has 0 amide bonds. The van der Waals surface area contributed by atoms with Crippen molar-refractivity contribution < 1.29 is 14.4 Å². The fourth-order valence-electron chi connectivity index (χ4n) is 0.156. The zero-order valence-corrected chi connectivity index (χ0v) is 6.23. The monoisotopic (exact) mass is 164 g/mol. The molecule has 0 N–H and O–H groups in total. The summed E-state index contributed by atoms with van der Waals surface area (Å²) in [7, 11) is 0. The Morgan fingerprint density at radius 2 is 2.29 bits per heavy atom. The van der Waals surface area contributed by atoms with E-state index in [0.29, 0.717) is 0 Å². The van der Waals surface area contributed by atoms with Crippen LogP contribution in [-0.2, 0) is 14.4 Å². The van der Waals surface area contributed by atoms with Gasteiger partial charge in [-0.3, -0.25) is 0 Å². The first-order valence-corrected chi connectivity index (χ1v) is 3.37. The van der Waals surface area contributed by atoms with Gasteiger partial charge in [0.1, 0.15) is 0 Å². The van der Waals surface area contributed by atoms with E-state index in [1.54, 1.807) is 14.4 Å². The van der Waals surface area contributed by atoms with Crippen LogP contribution in [-0.4, -0.2) is 0 Å². The van der Waals surface area contributed by atoms with E-state index in [4.69, 9.17) is 0 Å². The fraction of sp³-hybridized carbons (Fsp3) is 0.600. The van der Waals surface area contributed by atoms with Crippen LogP contribution in [0.4, 0.5) is 0 Å². The van der Waals surface area contributed by atoms with Gasteiger partial charge in [0.2, 0.25) is 0 Å². The number of hydrogen-bond acceptors (Lipinski definition) is 0. The fourth-order valence-corrected chi connectivity index (χ4v) is 0.643. The Hall–Kier alpha value is 0.524. The molecule has 0 saturated heterocycles. The Bertz CT molecular complexity index is 37.1. The largest absolute Gasteiger partial charge is 0.147 e. The molecule has 0 atom stereocenters. The molecule has 0 aromatic heterocycles. The van der Waals surface area contributed by atoms with Gasteiger partial charge in [0, 0.05) is 0 Å². The average molecular weight is 165 g/mol. The molecule has 0 aromatic rings. The van der Waals surface area contributed by atoms with Crippen LogP contribution in [0.2, 0.25) is 10.8 Å². The zero-order valence-electron chi connectivity index (χ0n) is 4.42. The van der Waals surface area contributed by atoms with Gasteiger partial charge in [-0.25, -0.2) is 0 Å². The molecule has 0 radical (unpaired) electrons. The topological polar surface area (TPSA) is 0 Å². The minimum absolute atomic E-state index is 0. The van der Waals surface area contributed by atoms with E-state index in [2.05, 4.69) is 13.5 Å². The maximum Gasteiger partial charge on any atom is -0.147 e. The second-order valence-corrected chi connectivity index (χ2v) is 2.39. The predicted molar refractivity (Wildman–Crippen MR) is 32.7 cm³/mol. The summed E-state index contributed by atoms with van der Waals surface area (Å²) in [5.74, 6) is 0. The molecular weight excluding hydrogens is 154 g/mol. The summed E-state index contributed by atoms with van der Waals surface area (Å²) in [6.45, 7) is 5.74. The molecule has 0 rings (SSSR count). The van der Waals surface area contributed by atoms with E-state index in [0.717, 1.165) is 5.39 Å². The van der Waals surface area contributed by atoms with Crippen LogP contribution in [0.25, 0.3) is 0 Å². The third-order valence-electron chi connectivity index (χ3n) is 0.341. The van der Waals surface area contributed by atoms with Crippen molar-refractivity contribution in [1.82, 2.24) is 0 Å². The molecule has 0 aromatic carbocycles. The van der Waals surface area contributed by atoms with E-state index in [1.807, 2.05) is 6.08 Å². The third kappa shape index (κ3) is 10.8. The van der Waals surface area contributed by atoms with Crippen molar-refractivity contribution in [2.24, 2.45) is 0 Å². The van der Waals surface area contributed by atoms with Crippen LogP contribution < -0.4 is 0 Å². The maximum atomic E-state index is 3.58. The average Bonchev–Trinajstić information content (AvgIpc) is 1.61. The Morgan fingerprint density at radius 1 is 1.71 bits per heavy atom. The smallest absolute Gasteiger partial charge is 0.147 e. The van der Waals surface area contributed by atoms with Gasteiger partial charge in [0.05, 0.1) is 0 Å². The SMILES string of the molecule is C=C[CH2][Ni][CH2]C.Cl. The molecule has 0 aliphatic heterocycles. The van der Waals surface area contributed by atoms with Crippen LogP contribution in [0.3, 0.4) is 0 Å². The summed E-state index contributed by atoms with van der Waals surface area (Å²) < 4.78 is 0. The summed E-state index contributed by atoms with van der Waals surface area (Å²) in [5.41, 5.74) is 0. The van der Waals surface area contributed by atoms with Crippen molar-refractivity contribution in [3.63, 3.8) is 0 Å². The van der Waals surface area contributed by atoms with Gasteiger partial charge in [0.25, 0.3) is 0 Å².